The minimum absolute atomic E-state index is 0.0267. The lowest BCUT2D eigenvalue weighted by Gasteiger charge is -2.29. The van der Waals surface area contributed by atoms with E-state index in [4.69, 9.17) is 16.6 Å². The molecule has 22 heavy (non-hydrogen) atoms. The lowest BCUT2D eigenvalue weighted by atomic mass is 10.2. The number of carbonyl (C=O) groups is 1. The molecular formula is C15H20N6O. The van der Waals surface area contributed by atoms with Gasteiger partial charge in [0.05, 0.1) is 5.57 Å². The van der Waals surface area contributed by atoms with Gasteiger partial charge in [-0.2, -0.15) is 0 Å². The molecule has 1 fully saturated rings. The highest BCUT2D eigenvalue weighted by atomic mass is 16.1. The third-order valence-corrected chi connectivity index (χ3v) is 3.40. The maximum atomic E-state index is 11.2. The predicted molar refractivity (Wildman–Crippen MR) is 88.9 cm³/mol. The highest BCUT2D eigenvalue weighted by molar-refractivity contribution is 6.25. The summed E-state index contributed by atoms with van der Waals surface area (Å²) >= 11 is 0. The number of amidine groups is 1. The highest BCUT2D eigenvalue weighted by Gasteiger charge is 2.12. The van der Waals surface area contributed by atoms with E-state index >= 15 is 0 Å². The van der Waals surface area contributed by atoms with E-state index in [1.54, 1.807) is 0 Å². The van der Waals surface area contributed by atoms with Crippen molar-refractivity contribution in [2.24, 2.45) is 5.73 Å². The van der Waals surface area contributed by atoms with Gasteiger partial charge < -0.3 is 26.7 Å². The Morgan fingerprint density at radius 3 is 2.45 bits per heavy atom. The molecular weight excluding hydrogens is 280 g/mol. The first-order valence-corrected chi connectivity index (χ1v) is 7.04. The topological polar surface area (TPSA) is 118 Å². The molecule has 7 nitrogen and oxygen atoms in total. The molecule has 0 saturated carbocycles. The Bertz CT molecular complexity index is 587. The van der Waals surface area contributed by atoms with Crippen molar-refractivity contribution in [3.63, 3.8) is 0 Å². The van der Waals surface area contributed by atoms with Crippen LogP contribution in [0.25, 0.3) is 0 Å². The molecule has 0 radical (unpaired) electrons. The van der Waals surface area contributed by atoms with Gasteiger partial charge in [0.2, 0.25) is 0 Å². The number of rotatable bonds is 5. The van der Waals surface area contributed by atoms with Gasteiger partial charge in [0.1, 0.15) is 5.84 Å². The predicted octanol–water partition coefficient (Wildman–Crippen LogP) is 0.547. The Kier molecular flexibility index (Phi) is 5.26. The number of nitrogens with one attached hydrogen (secondary N) is 4. The molecule has 116 valence electrons. The van der Waals surface area contributed by atoms with Crippen LogP contribution in [-0.2, 0) is 4.79 Å². The van der Waals surface area contributed by atoms with Crippen molar-refractivity contribution in [2.45, 2.75) is 0 Å². The third kappa shape index (κ3) is 3.92. The van der Waals surface area contributed by atoms with Crippen LogP contribution in [0.3, 0.4) is 0 Å². The van der Waals surface area contributed by atoms with Crippen LogP contribution in [0.15, 0.2) is 35.9 Å². The maximum Gasteiger partial charge on any atom is 0.252 e. The molecule has 2 rings (SSSR count). The zero-order valence-electron chi connectivity index (χ0n) is 12.2. The van der Waals surface area contributed by atoms with Crippen LogP contribution < -0.4 is 21.3 Å². The van der Waals surface area contributed by atoms with E-state index in [1.807, 2.05) is 24.3 Å². The quantitative estimate of drug-likeness (QED) is 0.310. The summed E-state index contributed by atoms with van der Waals surface area (Å²) in [5, 5.41) is 21.0. The zero-order valence-corrected chi connectivity index (χ0v) is 12.2. The molecule has 1 heterocycles. The number of hydrogen-bond donors (Lipinski definition) is 5. The highest BCUT2D eigenvalue weighted by Crippen LogP contribution is 2.18. The van der Waals surface area contributed by atoms with Crippen LogP contribution in [0.5, 0.6) is 0 Å². The fraction of sp³-hybridized carbons (Fsp3) is 0.267. The number of nitrogens with zero attached hydrogens (tertiary/aromatic N) is 1. The Hall–Kier alpha value is -2.67. The summed E-state index contributed by atoms with van der Waals surface area (Å²) in [4.78, 5) is 13.5. The second-order valence-corrected chi connectivity index (χ2v) is 4.90. The average Bonchev–Trinajstić information content (AvgIpc) is 2.53. The van der Waals surface area contributed by atoms with Gasteiger partial charge in [0.25, 0.3) is 5.91 Å². The smallest absolute Gasteiger partial charge is 0.252 e. The Labute approximate surface area is 129 Å². The molecule has 0 aliphatic carbocycles. The maximum absolute atomic E-state index is 11.2. The molecule has 0 atom stereocenters. The number of hydrogen-bond acceptors (Lipinski definition) is 5. The van der Waals surface area contributed by atoms with Crippen molar-refractivity contribution in [1.82, 2.24) is 5.32 Å². The number of benzene rings is 1. The van der Waals surface area contributed by atoms with Crippen LogP contribution in [0.2, 0.25) is 0 Å². The van der Waals surface area contributed by atoms with Gasteiger partial charge in [-0.25, -0.2) is 0 Å². The number of carbonyl (C=O) groups excluding carboxylic acids is 1. The van der Waals surface area contributed by atoms with Crippen molar-refractivity contribution >= 4 is 29.3 Å². The molecule has 1 aliphatic heterocycles. The van der Waals surface area contributed by atoms with Gasteiger partial charge in [-0.3, -0.25) is 10.2 Å². The molecule has 0 bridgehead atoms. The number of piperazine rings is 1. The largest absolute Gasteiger partial charge is 0.369 e. The Morgan fingerprint density at radius 1 is 1.27 bits per heavy atom. The lowest BCUT2D eigenvalue weighted by Crippen LogP contribution is -2.43. The number of primary amides is 1. The first kappa shape index (κ1) is 15.7. The molecule has 0 aromatic heterocycles. The monoisotopic (exact) mass is 300 g/mol. The van der Waals surface area contributed by atoms with Crippen LogP contribution in [0.1, 0.15) is 0 Å². The normalized spacial score (nSPS) is 15.3. The molecule has 1 amide bonds. The number of allylic oxidation sites excluding steroid dienone is 1. The zero-order chi connectivity index (χ0) is 15.9. The fourth-order valence-corrected chi connectivity index (χ4v) is 2.26. The molecule has 6 N–H and O–H groups in total. The molecule has 1 aromatic carbocycles. The van der Waals surface area contributed by atoms with E-state index < -0.39 is 5.91 Å². The van der Waals surface area contributed by atoms with E-state index in [0.29, 0.717) is 5.69 Å². The van der Waals surface area contributed by atoms with Crippen LogP contribution in [-0.4, -0.2) is 44.1 Å². The summed E-state index contributed by atoms with van der Waals surface area (Å²) in [6.07, 6.45) is 2.14. The molecule has 1 saturated heterocycles. The molecule has 1 aliphatic rings. The second-order valence-electron chi connectivity index (χ2n) is 4.90. The lowest BCUT2D eigenvalue weighted by molar-refractivity contribution is -0.114. The summed E-state index contributed by atoms with van der Waals surface area (Å²) in [5.41, 5.74) is 6.99. The summed E-state index contributed by atoms with van der Waals surface area (Å²) in [7, 11) is 0. The van der Waals surface area contributed by atoms with E-state index in [9.17, 15) is 4.79 Å². The van der Waals surface area contributed by atoms with Crippen molar-refractivity contribution in [3.8, 4) is 0 Å². The van der Waals surface area contributed by atoms with Gasteiger partial charge in [-0.15, -0.1) is 0 Å². The van der Waals surface area contributed by atoms with Crippen molar-refractivity contribution in [1.29, 1.82) is 10.8 Å². The summed E-state index contributed by atoms with van der Waals surface area (Å²) < 4.78 is 0. The Morgan fingerprint density at radius 2 is 1.91 bits per heavy atom. The van der Waals surface area contributed by atoms with Crippen LogP contribution in [0.4, 0.5) is 11.4 Å². The average molecular weight is 300 g/mol. The summed E-state index contributed by atoms with van der Waals surface area (Å²) in [5.74, 6) is -0.857. The number of nitrogens with two attached hydrogens (primary N) is 1. The molecule has 0 spiro atoms. The number of amides is 1. The number of anilines is 2. The first-order chi connectivity index (χ1) is 10.6. The van der Waals surface area contributed by atoms with Crippen LogP contribution >= 0.6 is 0 Å². The van der Waals surface area contributed by atoms with Gasteiger partial charge in [-0.1, -0.05) is 0 Å². The van der Waals surface area contributed by atoms with Crippen LogP contribution in [0, 0.1) is 10.8 Å². The van der Waals surface area contributed by atoms with Crippen molar-refractivity contribution in [2.75, 3.05) is 36.4 Å². The van der Waals surface area contributed by atoms with Gasteiger partial charge in [-0.05, 0) is 30.3 Å². The van der Waals surface area contributed by atoms with Gasteiger partial charge in [0.15, 0.2) is 0 Å². The van der Waals surface area contributed by atoms with Gasteiger partial charge in [0, 0.05) is 43.8 Å². The fourth-order valence-electron chi connectivity index (χ4n) is 2.26. The standard InChI is InChI=1S/C15H20N6O/c16-6-5-13(15(18)22)14(17)20-11-1-3-12(4-2-11)21-9-7-19-8-10-21/h1-6,16,19H,7-10H2,(H2,17,20)(H2,18,22)/b13-5-,16-6?. The summed E-state index contributed by atoms with van der Waals surface area (Å²) in [6, 6.07) is 7.67. The van der Waals surface area contributed by atoms with E-state index in [0.717, 1.165) is 38.1 Å². The molecule has 1 aromatic rings. The molecule has 7 heteroatoms. The van der Waals surface area contributed by atoms with E-state index in [2.05, 4.69) is 15.5 Å². The minimum Gasteiger partial charge on any atom is -0.369 e. The van der Waals surface area contributed by atoms with E-state index in [-0.39, 0.29) is 11.4 Å². The third-order valence-electron chi connectivity index (χ3n) is 3.40. The first-order valence-electron chi connectivity index (χ1n) is 7.04. The second kappa shape index (κ2) is 7.37. The Balaban J connectivity index is 2.04. The SMILES string of the molecule is N=C/C=C(/C(=N)Nc1ccc(N2CCNCC2)cc1)C(N)=O. The minimum atomic E-state index is -0.738. The molecule has 0 unspecified atom stereocenters. The van der Waals surface area contributed by atoms with E-state index in [1.165, 1.54) is 6.08 Å². The van der Waals surface area contributed by atoms with Gasteiger partial charge >= 0.3 is 0 Å². The summed E-state index contributed by atoms with van der Waals surface area (Å²) in [6.45, 7) is 3.88. The van der Waals surface area contributed by atoms with Crippen molar-refractivity contribution < 1.29 is 4.79 Å². The van der Waals surface area contributed by atoms with Crippen molar-refractivity contribution in [3.05, 3.63) is 35.9 Å².